The molecule has 1 aliphatic rings. The Morgan fingerprint density at radius 3 is 3.12 bits per heavy atom. The normalized spacial score (nSPS) is 18.9. The third-order valence-electron chi connectivity index (χ3n) is 2.78. The molecular weight excluding hydrogens is 206 g/mol. The fraction of sp³-hybridized carbons (Fsp3) is 0.417. The van der Waals surface area contributed by atoms with Crippen LogP contribution in [0.1, 0.15) is 30.1 Å². The lowest BCUT2D eigenvalue weighted by Crippen LogP contribution is -2.20. The summed E-state index contributed by atoms with van der Waals surface area (Å²) < 4.78 is 5.20. The molecule has 16 heavy (non-hydrogen) atoms. The van der Waals surface area contributed by atoms with Gasteiger partial charge >= 0.3 is 0 Å². The zero-order valence-electron chi connectivity index (χ0n) is 8.98. The molecule has 0 bridgehead atoms. The number of amides is 1. The van der Waals surface area contributed by atoms with Crippen LogP contribution in [0, 0.1) is 0 Å². The molecule has 1 amide bonds. The zero-order valence-corrected chi connectivity index (χ0v) is 8.98. The van der Waals surface area contributed by atoms with E-state index >= 15 is 0 Å². The zero-order chi connectivity index (χ0) is 11.5. The van der Waals surface area contributed by atoms with E-state index in [4.69, 9.17) is 10.5 Å². The number of aliphatic hydroxyl groups excluding tert-OH is 1. The third kappa shape index (κ3) is 2.33. The molecule has 4 nitrogen and oxygen atoms in total. The van der Waals surface area contributed by atoms with Crippen LogP contribution < -0.4 is 10.5 Å². The molecular formula is C12H15NO3. The van der Waals surface area contributed by atoms with Crippen molar-refractivity contribution in [3.05, 3.63) is 29.3 Å². The van der Waals surface area contributed by atoms with Gasteiger partial charge in [-0.3, -0.25) is 4.79 Å². The number of carbonyl (C=O) groups excluding carboxylic acids is 1. The summed E-state index contributed by atoms with van der Waals surface area (Å²) in [4.78, 5) is 10.6. The van der Waals surface area contributed by atoms with Gasteiger partial charge in [0.05, 0.1) is 6.10 Å². The number of rotatable bonds is 3. The van der Waals surface area contributed by atoms with Crippen molar-refractivity contribution in [2.45, 2.75) is 25.4 Å². The molecule has 0 spiro atoms. The Labute approximate surface area is 94.0 Å². The number of ether oxygens (including phenoxy) is 1. The van der Waals surface area contributed by atoms with E-state index in [1.807, 2.05) is 6.07 Å². The number of hydrogen-bond acceptors (Lipinski definition) is 3. The monoisotopic (exact) mass is 221 g/mol. The number of aryl methyl sites for hydroxylation is 1. The van der Waals surface area contributed by atoms with Gasteiger partial charge in [-0.2, -0.15) is 0 Å². The van der Waals surface area contributed by atoms with E-state index in [1.165, 1.54) is 0 Å². The largest absolute Gasteiger partial charge is 0.484 e. The molecule has 3 N–H and O–H groups in total. The van der Waals surface area contributed by atoms with Crippen molar-refractivity contribution in [1.82, 2.24) is 0 Å². The number of primary amides is 1. The van der Waals surface area contributed by atoms with Gasteiger partial charge in [0, 0.05) is 0 Å². The number of fused-ring (bicyclic) bond motifs is 1. The lowest BCUT2D eigenvalue weighted by molar-refractivity contribution is -0.119. The van der Waals surface area contributed by atoms with Crippen molar-refractivity contribution in [3.8, 4) is 5.75 Å². The van der Waals surface area contributed by atoms with Gasteiger partial charge in [-0.25, -0.2) is 0 Å². The van der Waals surface area contributed by atoms with Gasteiger partial charge in [0.15, 0.2) is 6.61 Å². The Morgan fingerprint density at radius 2 is 2.38 bits per heavy atom. The maximum Gasteiger partial charge on any atom is 0.255 e. The predicted molar refractivity (Wildman–Crippen MR) is 59.0 cm³/mol. The number of carbonyl (C=O) groups is 1. The van der Waals surface area contributed by atoms with Crippen LogP contribution in [0.5, 0.6) is 5.75 Å². The molecule has 0 radical (unpaired) electrons. The molecule has 86 valence electrons. The second-order valence-electron chi connectivity index (χ2n) is 4.02. The van der Waals surface area contributed by atoms with Crippen LogP contribution >= 0.6 is 0 Å². The molecule has 2 rings (SSSR count). The highest BCUT2D eigenvalue weighted by Crippen LogP contribution is 2.32. The lowest BCUT2D eigenvalue weighted by Gasteiger charge is -2.21. The Kier molecular flexibility index (Phi) is 3.10. The Hall–Kier alpha value is -1.55. The Balaban J connectivity index is 2.17. The third-order valence-corrected chi connectivity index (χ3v) is 2.78. The van der Waals surface area contributed by atoms with Crippen molar-refractivity contribution in [2.75, 3.05) is 6.61 Å². The van der Waals surface area contributed by atoms with Crippen LogP contribution in [0.3, 0.4) is 0 Å². The minimum absolute atomic E-state index is 0.130. The van der Waals surface area contributed by atoms with Gasteiger partial charge in [0.2, 0.25) is 0 Å². The van der Waals surface area contributed by atoms with Crippen molar-refractivity contribution < 1.29 is 14.6 Å². The smallest absolute Gasteiger partial charge is 0.255 e. The second kappa shape index (κ2) is 4.53. The summed E-state index contributed by atoms with van der Waals surface area (Å²) in [5.74, 6) is 0.0803. The highest BCUT2D eigenvalue weighted by molar-refractivity contribution is 5.75. The van der Waals surface area contributed by atoms with Crippen LogP contribution in [0.15, 0.2) is 18.2 Å². The van der Waals surface area contributed by atoms with Gasteiger partial charge in [0.25, 0.3) is 5.91 Å². The first kappa shape index (κ1) is 11.0. The summed E-state index contributed by atoms with van der Waals surface area (Å²) in [5, 5.41) is 9.82. The van der Waals surface area contributed by atoms with Crippen LogP contribution in [0.2, 0.25) is 0 Å². The predicted octanol–water partition coefficient (Wildman–Crippen LogP) is 0.920. The quantitative estimate of drug-likeness (QED) is 0.797. The summed E-state index contributed by atoms with van der Waals surface area (Å²) in [7, 11) is 0. The molecule has 0 aliphatic heterocycles. The van der Waals surface area contributed by atoms with Crippen LogP contribution in [-0.4, -0.2) is 17.6 Å². The Morgan fingerprint density at radius 1 is 1.56 bits per heavy atom. The molecule has 0 fully saturated rings. The first-order valence-electron chi connectivity index (χ1n) is 5.39. The summed E-state index contributed by atoms with van der Waals surface area (Å²) in [6, 6.07) is 5.54. The van der Waals surface area contributed by atoms with E-state index in [9.17, 15) is 9.90 Å². The summed E-state index contributed by atoms with van der Waals surface area (Å²) in [6.07, 6.45) is 2.37. The van der Waals surface area contributed by atoms with Crippen molar-refractivity contribution in [1.29, 1.82) is 0 Å². The van der Waals surface area contributed by atoms with E-state index in [0.717, 1.165) is 30.4 Å². The molecule has 0 aromatic heterocycles. The number of aliphatic hydroxyl groups is 1. The van der Waals surface area contributed by atoms with Crippen LogP contribution in [0.25, 0.3) is 0 Å². The molecule has 0 saturated heterocycles. The lowest BCUT2D eigenvalue weighted by atomic mass is 9.89. The average molecular weight is 221 g/mol. The topological polar surface area (TPSA) is 72.6 Å². The fourth-order valence-electron chi connectivity index (χ4n) is 2.00. The van der Waals surface area contributed by atoms with Gasteiger partial charge < -0.3 is 15.6 Å². The molecule has 1 atom stereocenters. The summed E-state index contributed by atoms with van der Waals surface area (Å²) in [6.45, 7) is -0.130. The summed E-state index contributed by atoms with van der Waals surface area (Å²) >= 11 is 0. The van der Waals surface area contributed by atoms with Crippen molar-refractivity contribution >= 4 is 5.91 Å². The van der Waals surface area contributed by atoms with E-state index in [2.05, 4.69) is 0 Å². The second-order valence-corrected chi connectivity index (χ2v) is 4.02. The molecule has 1 aromatic rings. The van der Waals surface area contributed by atoms with Crippen molar-refractivity contribution in [2.24, 2.45) is 5.73 Å². The highest BCUT2D eigenvalue weighted by atomic mass is 16.5. The molecule has 0 unspecified atom stereocenters. The minimum atomic E-state index is -0.502. The number of hydrogen-bond donors (Lipinski definition) is 2. The standard InChI is InChI=1S/C12H15NO3/c13-12(15)7-16-9-5-4-8-2-1-3-11(14)10(8)6-9/h4-6,11,14H,1-3,7H2,(H2,13,15)/t11-/m0/s1. The fourth-order valence-corrected chi connectivity index (χ4v) is 2.00. The van der Waals surface area contributed by atoms with Gasteiger partial charge in [-0.1, -0.05) is 6.07 Å². The molecule has 4 heteroatoms. The van der Waals surface area contributed by atoms with E-state index < -0.39 is 12.0 Å². The van der Waals surface area contributed by atoms with E-state index in [1.54, 1.807) is 12.1 Å². The SMILES string of the molecule is NC(=O)COc1ccc2c(c1)[C@@H](O)CCC2. The van der Waals surface area contributed by atoms with Crippen molar-refractivity contribution in [3.63, 3.8) is 0 Å². The van der Waals surface area contributed by atoms with Gasteiger partial charge in [-0.15, -0.1) is 0 Å². The maximum absolute atomic E-state index is 10.6. The van der Waals surface area contributed by atoms with Gasteiger partial charge in [-0.05, 0) is 42.5 Å². The van der Waals surface area contributed by atoms with Crippen LogP contribution in [-0.2, 0) is 11.2 Å². The minimum Gasteiger partial charge on any atom is -0.484 e. The van der Waals surface area contributed by atoms with Crippen LogP contribution in [0.4, 0.5) is 0 Å². The highest BCUT2D eigenvalue weighted by Gasteiger charge is 2.18. The molecule has 0 heterocycles. The molecule has 1 aliphatic carbocycles. The summed E-state index contributed by atoms with van der Waals surface area (Å²) in [5.41, 5.74) is 7.06. The number of nitrogens with two attached hydrogens (primary N) is 1. The number of benzene rings is 1. The van der Waals surface area contributed by atoms with E-state index in [-0.39, 0.29) is 6.61 Å². The first-order valence-corrected chi connectivity index (χ1v) is 5.39. The Bertz CT molecular complexity index is 403. The molecule has 1 aromatic carbocycles. The maximum atomic E-state index is 10.6. The molecule has 0 saturated carbocycles. The van der Waals surface area contributed by atoms with Gasteiger partial charge in [0.1, 0.15) is 5.75 Å². The first-order chi connectivity index (χ1) is 7.66. The average Bonchev–Trinajstić information content (AvgIpc) is 2.27. The van der Waals surface area contributed by atoms with E-state index in [0.29, 0.717) is 5.75 Å².